The zero-order valence-electron chi connectivity index (χ0n) is 29.7. The molecule has 0 spiro atoms. The highest BCUT2D eigenvalue weighted by atomic mass is 16.6. The van der Waals surface area contributed by atoms with Crippen LogP contribution >= 0.6 is 0 Å². The standard InChI is InChI=1S/C36H52N4O9/c1-21-17-25-31(42)29(26(32(43)34(25)48-7)20-38-40-15-10-8-9-11-16-40)39-35(44)22(2)13-12-14-27(46-5)33(49-36(37)45)24(4)19-23(3)30(41)28(18-21)47-6/h12-14,19-21,23,27-28,30,33,41H,8-11,15-18H2,1-7H3,(H2,37,45)(H,39,44)/b14-12-,22-13+,24-19+,38-20?. The molecule has 1 saturated heterocycles. The molecule has 0 aromatic heterocycles. The van der Waals surface area contributed by atoms with E-state index >= 15 is 0 Å². The lowest BCUT2D eigenvalue weighted by molar-refractivity contribution is -0.121. The van der Waals surface area contributed by atoms with Crippen LogP contribution < -0.4 is 11.1 Å². The quantitative estimate of drug-likeness (QED) is 0.213. The first kappa shape index (κ1) is 39.4. The third-order valence-electron chi connectivity index (χ3n) is 9.07. The Kier molecular flexibility index (Phi) is 15.0. The fourth-order valence-corrected chi connectivity index (χ4v) is 6.30. The third-order valence-corrected chi connectivity index (χ3v) is 9.07. The number of carbonyl (C=O) groups is 4. The number of ether oxygens (including phenoxy) is 4. The van der Waals surface area contributed by atoms with E-state index in [1.165, 1.54) is 33.6 Å². The molecule has 13 heteroatoms. The van der Waals surface area contributed by atoms with Gasteiger partial charge in [0.05, 0.1) is 31.1 Å². The molecular formula is C36H52N4O9. The van der Waals surface area contributed by atoms with Crippen LogP contribution in [0.5, 0.6) is 0 Å². The van der Waals surface area contributed by atoms with Crippen LogP contribution in [-0.2, 0) is 33.3 Å². The van der Waals surface area contributed by atoms with Gasteiger partial charge < -0.3 is 35.1 Å². The Morgan fingerprint density at radius 2 is 1.71 bits per heavy atom. The van der Waals surface area contributed by atoms with Crippen molar-refractivity contribution in [1.82, 2.24) is 10.3 Å². The number of ketones is 2. The van der Waals surface area contributed by atoms with E-state index in [1.807, 2.05) is 11.9 Å². The van der Waals surface area contributed by atoms with Gasteiger partial charge in [-0.15, -0.1) is 0 Å². The number of primary amides is 1. The maximum Gasteiger partial charge on any atom is 0.405 e. The van der Waals surface area contributed by atoms with Gasteiger partial charge in [-0.1, -0.05) is 51.0 Å². The predicted molar refractivity (Wildman–Crippen MR) is 184 cm³/mol. The van der Waals surface area contributed by atoms with Crippen molar-refractivity contribution in [1.29, 1.82) is 0 Å². The third kappa shape index (κ3) is 10.5. The molecular weight excluding hydrogens is 632 g/mol. The smallest absolute Gasteiger partial charge is 0.405 e. The number of aliphatic hydroxyl groups is 1. The SMILES string of the molecule is COC1=C2CC(C)CC(OC)C(O)C(C)/C=C(\C)C(OC(N)=O)C(OC)/C=C\C=C(/C)C(=O)NC(=C(C=NN3CCCCCC3)C1=O)C2=O. The van der Waals surface area contributed by atoms with Gasteiger partial charge in [0.15, 0.2) is 11.9 Å². The summed E-state index contributed by atoms with van der Waals surface area (Å²) in [5.41, 5.74) is 6.05. The van der Waals surface area contributed by atoms with E-state index in [-0.39, 0.29) is 40.5 Å². The summed E-state index contributed by atoms with van der Waals surface area (Å²) in [5, 5.41) is 20.4. The van der Waals surface area contributed by atoms with Gasteiger partial charge in [-0.25, -0.2) is 4.79 Å². The molecule has 49 heavy (non-hydrogen) atoms. The lowest BCUT2D eigenvalue weighted by Gasteiger charge is -2.30. The minimum absolute atomic E-state index is 0.0727. The van der Waals surface area contributed by atoms with Crippen molar-refractivity contribution in [3.05, 3.63) is 58.1 Å². The molecule has 0 aromatic carbocycles. The molecule has 0 saturated carbocycles. The number of methoxy groups -OCH3 is 3. The number of carbonyl (C=O) groups excluding carboxylic acids is 4. The Morgan fingerprint density at radius 3 is 2.31 bits per heavy atom. The van der Waals surface area contributed by atoms with Crippen molar-refractivity contribution in [2.75, 3.05) is 34.4 Å². The molecule has 3 rings (SSSR count). The van der Waals surface area contributed by atoms with Gasteiger partial charge in [0.1, 0.15) is 11.8 Å². The normalized spacial score (nSPS) is 31.4. The van der Waals surface area contributed by atoms with Crippen LogP contribution in [0.25, 0.3) is 0 Å². The van der Waals surface area contributed by atoms with Crippen LogP contribution in [-0.4, -0.2) is 98.7 Å². The molecule has 6 atom stereocenters. The van der Waals surface area contributed by atoms with Gasteiger partial charge in [0.25, 0.3) is 5.91 Å². The summed E-state index contributed by atoms with van der Waals surface area (Å²) in [6.45, 7) is 8.40. The van der Waals surface area contributed by atoms with Crippen LogP contribution in [0.3, 0.4) is 0 Å². The maximum atomic E-state index is 14.2. The summed E-state index contributed by atoms with van der Waals surface area (Å²) in [6, 6.07) is 0. The number of aliphatic hydroxyl groups excluding tert-OH is 1. The summed E-state index contributed by atoms with van der Waals surface area (Å²) in [5.74, 6) is -2.57. The number of nitrogens with two attached hydrogens (primary N) is 1. The Morgan fingerprint density at radius 1 is 1.04 bits per heavy atom. The summed E-state index contributed by atoms with van der Waals surface area (Å²) in [6.07, 6.45) is 7.89. The second kappa shape index (κ2) is 18.6. The minimum Gasteiger partial charge on any atom is -0.492 e. The maximum absolute atomic E-state index is 14.2. The van der Waals surface area contributed by atoms with E-state index in [0.29, 0.717) is 25.1 Å². The minimum atomic E-state index is -1.01. The van der Waals surface area contributed by atoms with Crippen LogP contribution in [0, 0.1) is 11.8 Å². The van der Waals surface area contributed by atoms with E-state index < -0.39 is 53.9 Å². The van der Waals surface area contributed by atoms with E-state index in [2.05, 4.69) is 10.4 Å². The average Bonchev–Trinajstić information content (AvgIpc) is 3.34. The van der Waals surface area contributed by atoms with Crippen LogP contribution in [0.15, 0.2) is 63.2 Å². The van der Waals surface area contributed by atoms with Gasteiger partial charge in [0, 0.05) is 44.4 Å². The molecule has 13 nitrogen and oxygen atoms in total. The monoisotopic (exact) mass is 684 g/mol. The lowest BCUT2D eigenvalue weighted by atomic mass is 9.84. The number of hydrogen-bond acceptors (Lipinski definition) is 11. The van der Waals surface area contributed by atoms with Crippen LogP contribution in [0.1, 0.15) is 66.2 Å². The molecule has 2 heterocycles. The number of hydrogen-bond donors (Lipinski definition) is 3. The van der Waals surface area contributed by atoms with Gasteiger partial charge in [-0.3, -0.25) is 19.4 Å². The Labute approximate surface area is 288 Å². The van der Waals surface area contributed by atoms with E-state index in [1.54, 1.807) is 39.0 Å². The molecule has 1 aliphatic carbocycles. The second-order valence-electron chi connectivity index (χ2n) is 12.9. The first-order valence-electron chi connectivity index (χ1n) is 16.8. The Balaban J connectivity index is 2.15. The topological polar surface area (TPSA) is 179 Å². The number of fused-ring (bicyclic) bond motifs is 2. The summed E-state index contributed by atoms with van der Waals surface area (Å²) < 4.78 is 22.3. The summed E-state index contributed by atoms with van der Waals surface area (Å²) in [4.78, 5) is 53.5. The number of rotatable bonds is 6. The summed E-state index contributed by atoms with van der Waals surface area (Å²) in [7, 11) is 4.26. The lowest BCUT2D eigenvalue weighted by Crippen LogP contribution is -2.38. The molecule has 270 valence electrons. The fraction of sp³-hybridized carbons (Fsp3) is 0.583. The Bertz CT molecular complexity index is 1420. The highest BCUT2D eigenvalue weighted by Crippen LogP contribution is 2.31. The van der Waals surface area contributed by atoms with Crippen molar-refractivity contribution in [3.8, 4) is 0 Å². The molecule has 0 aromatic rings. The van der Waals surface area contributed by atoms with Crippen molar-refractivity contribution in [3.63, 3.8) is 0 Å². The molecule has 2 amide bonds. The van der Waals surface area contributed by atoms with E-state index in [9.17, 15) is 24.3 Å². The van der Waals surface area contributed by atoms with Crippen molar-refractivity contribution in [2.24, 2.45) is 22.7 Å². The zero-order valence-corrected chi connectivity index (χ0v) is 29.7. The second-order valence-corrected chi connectivity index (χ2v) is 12.9. The number of Topliss-reactive ketones (excluding diaryl/α,β-unsaturated/α-hetero) is 2. The number of nitrogens with one attached hydrogen (secondary N) is 1. The molecule has 2 aliphatic heterocycles. The fourth-order valence-electron chi connectivity index (χ4n) is 6.30. The number of hydrazone groups is 1. The van der Waals surface area contributed by atoms with Gasteiger partial charge in [0.2, 0.25) is 11.6 Å². The molecule has 0 radical (unpaired) electrons. The van der Waals surface area contributed by atoms with E-state index in [0.717, 1.165) is 25.7 Å². The summed E-state index contributed by atoms with van der Waals surface area (Å²) >= 11 is 0. The van der Waals surface area contributed by atoms with Crippen molar-refractivity contribution in [2.45, 2.75) is 90.6 Å². The highest BCUT2D eigenvalue weighted by molar-refractivity contribution is 6.32. The molecule has 1 fully saturated rings. The average molecular weight is 685 g/mol. The molecule has 3 aliphatic rings. The van der Waals surface area contributed by atoms with Gasteiger partial charge >= 0.3 is 6.09 Å². The Hall–Kier alpha value is -4.07. The number of allylic oxidation sites excluding steroid dienone is 4. The van der Waals surface area contributed by atoms with Crippen molar-refractivity contribution < 1.29 is 43.2 Å². The molecule has 2 bridgehead atoms. The number of amides is 2. The number of nitrogens with zero attached hydrogens (tertiary/aromatic N) is 2. The predicted octanol–water partition coefficient (Wildman–Crippen LogP) is 3.64. The first-order chi connectivity index (χ1) is 23.3. The molecule has 6 unspecified atom stereocenters. The molecule has 4 N–H and O–H groups in total. The highest BCUT2D eigenvalue weighted by Gasteiger charge is 2.38. The first-order valence-corrected chi connectivity index (χ1v) is 16.8. The van der Waals surface area contributed by atoms with Crippen LogP contribution in [0.2, 0.25) is 0 Å². The van der Waals surface area contributed by atoms with Gasteiger partial charge in [-0.05, 0) is 51.0 Å². The van der Waals surface area contributed by atoms with Gasteiger partial charge in [-0.2, -0.15) is 5.10 Å². The van der Waals surface area contributed by atoms with E-state index in [4.69, 9.17) is 24.7 Å². The van der Waals surface area contributed by atoms with Crippen LogP contribution in [0.4, 0.5) is 4.79 Å². The largest absolute Gasteiger partial charge is 0.492 e. The zero-order chi connectivity index (χ0) is 36.2. The van der Waals surface area contributed by atoms with Crippen molar-refractivity contribution >= 4 is 29.8 Å².